The number of methoxy groups -OCH3 is 1. The van der Waals surface area contributed by atoms with E-state index in [1.54, 1.807) is 45.0 Å². The fourth-order valence-electron chi connectivity index (χ4n) is 4.16. The third kappa shape index (κ3) is 11.7. The first-order valence-corrected chi connectivity index (χ1v) is 13.8. The van der Waals surface area contributed by atoms with E-state index in [4.69, 9.17) is 11.2 Å². The van der Waals surface area contributed by atoms with E-state index < -0.39 is 41.6 Å². The lowest BCUT2D eigenvalue weighted by molar-refractivity contribution is -0.147. The number of ether oxygens (including phenoxy) is 2. The molecule has 9 heteroatoms. The van der Waals surface area contributed by atoms with Gasteiger partial charge in [0.15, 0.2) is 0 Å². The van der Waals surface area contributed by atoms with Crippen LogP contribution in [0.15, 0.2) is 24.3 Å². The number of carbonyl (C=O) groups excluding carboxylic acids is 4. The Morgan fingerprint density at radius 3 is 2.05 bits per heavy atom. The van der Waals surface area contributed by atoms with Crippen molar-refractivity contribution < 1.29 is 28.7 Å². The van der Waals surface area contributed by atoms with Crippen molar-refractivity contribution >= 4 is 23.9 Å². The summed E-state index contributed by atoms with van der Waals surface area (Å²) in [5, 5.41) is 5.35. The monoisotopic (exact) mass is 557 g/mol. The number of hydrogen-bond acceptors (Lipinski definition) is 6. The van der Waals surface area contributed by atoms with Crippen LogP contribution in [0.1, 0.15) is 91.8 Å². The maximum Gasteiger partial charge on any atom is 0.408 e. The second-order valence-corrected chi connectivity index (χ2v) is 11.9. The molecular formula is C31H47N3O6. The summed E-state index contributed by atoms with van der Waals surface area (Å²) < 4.78 is 10.1. The summed E-state index contributed by atoms with van der Waals surface area (Å²) in [6.45, 7) is 14.8. The van der Waals surface area contributed by atoms with Crippen LogP contribution in [0.25, 0.3) is 0 Å². The van der Waals surface area contributed by atoms with Gasteiger partial charge in [-0.25, -0.2) is 4.79 Å². The SMILES string of the molecule is C#Cc1ccc(C(C(=O)NCC(=O)OC)N(C(=O)C(CC(C)C)NC(=O)OC(C)(C)C)C(C)CCC(C)C)cc1. The standard InChI is InChI=1S/C31H47N3O6/c1-11-23-14-16-24(17-15-23)27(28(36)32-19-26(35)39-10)34(22(6)13-12-20(2)3)29(37)25(18-21(4)5)33-30(38)40-31(7,8)9/h1,14-17,20-22,25,27H,12-13,18-19H2,2-10H3,(H,32,36)(H,33,38). The molecule has 1 aromatic rings. The fourth-order valence-corrected chi connectivity index (χ4v) is 4.16. The van der Waals surface area contributed by atoms with Gasteiger partial charge in [-0.15, -0.1) is 6.42 Å². The van der Waals surface area contributed by atoms with Gasteiger partial charge in [0.05, 0.1) is 7.11 Å². The maximum atomic E-state index is 14.4. The minimum absolute atomic E-state index is 0.0539. The van der Waals surface area contributed by atoms with Crippen LogP contribution in [0.3, 0.4) is 0 Å². The molecular weight excluding hydrogens is 510 g/mol. The van der Waals surface area contributed by atoms with Crippen LogP contribution in [0.2, 0.25) is 0 Å². The first kappa shape index (κ1) is 34.5. The highest BCUT2D eigenvalue weighted by atomic mass is 16.6. The highest BCUT2D eigenvalue weighted by Crippen LogP contribution is 2.28. The lowest BCUT2D eigenvalue weighted by atomic mass is 9.95. The Labute approximate surface area is 239 Å². The Bertz CT molecular complexity index is 1040. The van der Waals surface area contributed by atoms with Crippen LogP contribution in [0, 0.1) is 24.2 Å². The topological polar surface area (TPSA) is 114 Å². The minimum atomic E-state index is -1.10. The van der Waals surface area contributed by atoms with Gasteiger partial charge >= 0.3 is 12.1 Å². The van der Waals surface area contributed by atoms with E-state index in [0.717, 1.165) is 6.42 Å². The van der Waals surface area contributed by atoms with Crippen molar-refractivity contribution in [1.29, 1.82) is 0 Å². The number of carbonyl (C=O) groups is 4. The van der Waals surface area contributed by atoms with E-state index in [0.29, 0.717) is 29.9 Å². The smallest absolute Gasteiger partial charge is 0.408 e. The first-order chi connectivity index (χ1) is 18.6. The molecule has 0 aliphatic carbocycles. The molecule has 1 aromatic carbocycles. The van der Waals surface area contributed by atoms with Crippen molar-refractivity contribution in [2.24, 2.45) is 11.8 Å². The minimum Gasteiger partial charge on any atom is -0.468 e. The highest BCUT2D eigenvalue weighted by Gasteiger charge is 2.39. The van der Waals surface area contributed by atoms with Crippen LogP contribution < -0.4 is 10.6 Å². The van der Waals surface area contributed by atoms with Crippen LogP contribution in [0.5, 0.6) is 0 Å². The van der Waals surface area contributed by atoms with Gasteiger partial charge in [0.1, 0.15) is 24.2 Å². The van der Waals surface area contributed by atoms with Crippen molar-refractivity contribution in [2.45, 2.75) is 98.4 Å². The number of hydrogen-bond donors (Lipinski definition) is 2. The average Bonchev–Trinajstić information content (AvgIpc) is 2.86. The number of nitrogens with zero attached hydrogens (tertiary/aromatic N) is 1. The summed E-state index contributed by atoms with van der Waals surface area (Å²) in [7, 11) is 1.23. The Kier molecular flexibility index (Phi) is 13.7. The first-order valence-electron chi connectivity index (χ1n) is 13.8. The summed E-state index contributed by atoms with van der Waals surface area (Å²) >= 11 is 0. The Morgan fingerprint density at radius 1 is 0.975 bits per heavy atom. The molecule has 0 saturated carbocycles. The lowest BCUT2D eigenvalue weighted by Crippen LogP contribution is -2.56. The van der Waals surface area contributed by atoms with E-state index in [9.17, 15) is 19.2 Å². The molecule has 0 spiro atoms. The summed E-state index contributed by atoms with van der Waals surface area (Å²) in [5.74, 6) is 1.38. The number of amides is 3. The quantitative estimate of drug-likeness (QED) is 0.271. The van der Waals surface area contributed by atoms with Gasteiger partial charge < -0.3 is 25.0 Å². The number of nitrogens with one attached hydrogen (secondary N) is 2. The average molecular weight is 558 g/mol. The molecule has 1 rings (SSSR count). The van der Waals surface area contributed by atoms with E-state index >= 15 is 0 Å². The normalized spacial score (nSPS) is 13.6. The fraction of sp³-hybridized carbons (Fsp3) is 0.613. The second kappa shape index (κ2) is 15.9. The third-order valence-corrected chi connectivity index (χ3v) is 6.14. The summed E-state index contributed by atoms with van der Waals surface area (Å²) in [6.07, 6.45) is 6.58. The van der Waals surface area contributed by atoms with Crippen molar-refractivity contribution in [3.8, 4) is 12.3 Å². The molecule has 2 N–H and O–H groups in total. The number of esters is 1. The number of benzene rings is 1. The van der Waals surface area contributed by atoms with E-state index in [1.165, 1.54) is 12.0 Å². The van der Waals surface area contributed by atoms with Gasteiger partial charge in [-0.05, 0) is 76.5 Å². The zero-order valence-electron chi connectivity index (χ0n) is 25.5. The van der Waals surface area contributed by atoms with Gasteiger partial charge in [0, 0.05) is 11.6 Å². The Morgan fingerprint density at radius 2 is 1.57 bits per heavy atom. The molecule has 9 nitrogen and oxygen atoms in total. The molecule has 0 heterocycles. The molecule has 0 aliphatic heterocycles. The summed E-state index contributed by atoms with van der Waals surface area (Å²) in [6, 6.07) is 4.37. The maximum absolute atomic E-state index is 14.4. The van der Waals surface area contributed by atoms with Crippen LogP contribution in [-0.2, 0) is 23.9 Å². The van der Waals surface area contributed by atoms with E-state index in [2.05, 4.69) is 35.1 Å². The van der Waals surface area contributed by atoms with Gasteiger partial charge in [-0.3, -0.25) is 14.4 Å². The lowest BCUT2D eigenvalue weighted by Gasteiger charge is -2.39. The highest BCUT2D eigenvalue weighted by molar-refractivity contribution is 5.93. The molecule has 0 saturated heterocycles. The molecule has 0 bridgehead atoms. The number of rotatable bonds is 13. The van der Waals surface area contributed by atoms with Crippen molar-refractivity contribution in [3.63, 3.8) is 0 Å². The molecule has 0 aromatic heterocycles. The van der Waals surface area contributed by atoms with E-state index in [-0.39, 0.29) is 18.5 Å². The predicted octanol–water partition coefficient (Wildman–Crippen LogP) is 4.59. The van der Waals surface area contributed by atoms with Gasteiger partial charge in [0.2, 0.25) is 11.8 Å². The Hall–Kier alpha value is -3.54. The molecule has 40 heavy (non-hydrogen) atoms. The zero-order valence-corrected chi connectivity index (χ0v) is 25.5. The molecule has 3 atom stereocenters. The van der Waals surface area contributed by atoms with Crippen molar-refractivity contribution in [2.75, 3.05) is 13.7 Å². The van der Waals surface area contributed by atoms with Crippen molar-refractivity contribution in [1.82, 2.24) is 15.5 Å². The van der Waals surface area contributed by atoms with Crippen LogP contribution >= 0.6 is 0 Å². The Balaban J connectivity index is 3.65. The summed E-state index contributed by atoms with van der Waals surface area (Å²) in [5.41, 5.74) is 0.383. The third-order valence-electron chi connectivity index (χ3n) is 6.14. The molecule has 222 valence electrons. The largest absolute Gasteiger partial charge is 0.468 e. The second-order valence-electron chi connectivity index (χ2n) is 11.9. The molecule has 0 radical (unpaired) electrons. The van der Waals surface area contributed by atoms with Gasteiger partial charge in [0.25, 0.3) is 0 Å². The number of terminal acetylenes is 1. The molecule has 3 amide bonds. The predicted molar refractivity (Wildman–Crippen MR) is 155 cm³/mol. The van der Waals surface area contributed by atoms with Gasteiger partial charge in [-0.2, -0.15) is 0 Å². The zero-order chi connectivity index (χ0) is 30.6. The van der Waals surface area contributed by atoms with Crippen molar-refractivity contribution in [3.05, 3.63) is 35.4 Å². The van der Waals surface area contributed by atoms with Crippen LogP contribution in [-0.4, -0.2) is 60.1 Å². The molecule has 3 unspecified atom stereocenters. The number of alkyl carbamates (subject to hydrolysis) is 1. The van der Waals surface area contributed by atoms with Crippen LogP contribution in [0.4, 0.5) is 4.79 Å². The van der Waals surface area contributed by atoms with Gasteiger partial charge in [-0.1, -0.05) is 45.7 Å². The molecule has 0 aliphatic rings. The molecule has 0 fully saturated rings. The van der Waals surface area contributed by atoms with E-state index in [1.807, 2.05) is 20.8 Å². The summed E-state index contributed by atoms with van der Waals surface area (Å²) in [4.78, 5) is 54.2.